The Hall–Kier alpha value is -3.73. The van der Waals surface area contributed by atoms with Crippen molar-refractivity contribution >= 4 is 34.4 Å². The average molecular weight is 472 g/mol. The summed E-state index contributed by atoms with van der Waals surface area (Å²) >= 11 is 0. The molecule has 5 rings (SSSR count). The zero-order valence-corrected chi connectivity index (χ0v) is 18.1. The summed E-state index contributed by atoms with van der Waals surface area (Å²) in [5.74, 6) is -3.11. The predicted octanol–water partition coefficient (Wildman–Crippen LogP) is 5.53. The van der Waals surface area contributed by atoms with E-state index in [9.17, 15) is 17.6 Å². The lowest BCUT2D eigenvalue weighted by Gasteiger charge is -2.25. The fraction of sp³-hybridized carbons (Fsp3) is 0.261. The number of nitrogens with zero attached hydrogens (tertiary/aromatic N) is 4. The average Bonchev–Trinajstić information content (AvgIpc) is 3.16. The van der Waals surface area contributed by atoms with Crippen LogP contribution in [-0.4, -0.2) is 32.7 Å². The van der Waals surface area contributed by atoms with Gasteiger partial charge in [0, 0.05) is 37.1 Å². The molecule has 0 aliphatic carbocycles. The Morgan fingerprint density at radius 2 is 1.68 bits per heavy atom. The molecule has 176 valence electrons. The third-order valence-corrected chi connectivity index (χ3v) is 5.65. The molecule has 0 amide bonds. The van der Waals surface area contributed by atoms with Gasteiger partial charge in [0.05, 0.1) is 6.20 Å². The topological polar surface area (TPSA) is 76.9 Å². The van der Waals surface area contributed by atoms with Crippen molar-refractivity contribution in [2.24, 2.45) is 0 Å². The van der Waals surface area contributed by atoms with Crippen LogP contribution in [0.1, 0.15) is 24.4 Å². The Balaban J connectivity index is 1.57. The van der Waals surface area contributed by atoms with Gasteiger partial charge in [0.25, 0.3) is 0 Å². The van der Waals surface area contributed by atoms with E-state index in [-0.39, 0.29) is 23.8 Å². The SMILES string of the molecule is Cc1cc(Nc2ncc3nc(Nc4c(F)cc(F)cc4F)n(C4CCOCC4)c3n2)ccc1F. The zero-order chi connectivity index (χ0) is 23.8. The Kier molecular flexibility index (Phi) is 5.78. The number of hydrogen-bond acceptors (Lipinski definition) is 6. The highest BCUT2D eigenvalue weighted by molar-refractivity contribution is 5.77. The predicted molar refractivity (Wildman–Crippen MR) is 118 cm³/mol. The molecule has 11 heteroatoms. The molecule has 1 saturated heterocycles. The van der Waals surface area contributed by atoms with Crippen LogP contribution in [0.4, 0.5) is 40.8 Å². The normalized spacial score (nSPS) is 14.5. The van der Waals surface area contributed by atoms with Crippen LogP contribution >= 0.6 is 0 Å². The van der Waals surface area contributed by atoms with E-state index in [0.717, 1.165) is 0 Å². The minimum Gasteiger partial charge on any atom is -0.381 e. The van der Waals surface area contributed by atoms with Gasteiger partial charge in [-0.25, -0.2) is 27.5 Å². The fourth-order valence-corrected chi connectivity index (χ4v) is 3.95. The molecule has 4 aromatic rings. The first kappa shape index (κ1) is 22.1. The van der Waals surface area contributed by atoms with Crippen molar-refractivity contribution in [2.45, 2.75) is 25.8 Å². The number of fused-ring (bicyclic) bond motifs is 1. The second kappa shape index (κ2) is 8.90. The monoisotopic (exact) mass is 472 g/mol. The van der Waals surface area contributed by atoms with Gasteiger partial charge >= 0.3 is 0 Å². The van der Waals surface area contributed by atoms with E-state index in [1.54, 1.807) is 23.6 Å². The third-order valence-electron chi connectivity index (χ3n) is 5.65. The first-order chi connectivity index (χ1) is 16.4. The Morgan fingerprint density at radius 1 is 0.941 bits per heavy atom. The Labute approximate surface area is 191 Å². The number of nitrogens with one attached hydrogen (secondary N) is 2. The van der Waals surface area contributed by atoms with E-state index in [1.807, 2.05) is 0 Å². The van der Waals surface area contributed by atoms with Gasteiger partial charge < -0.3 is 15.4 Å². The number of hydrogen-bond donors (Lipinski definition) is 2. The maximum atomic E-state index is 14.3. The summed E-state index contributed by atoms with van der Waals surface area (Å²) in [5.41, 5.74) is 1.39. The molecule has 0 radical (unpaired) electrons. The van der Waals surface area contributed by atoms with Crippen LogP contribution in [0.25, 0.3) is 11.2 Å². The van der Waals surface area contributed by atoms with E-state index in [0.29, 0.717) is 60.6 Å². The van der Waals surface area contributed by atoms with Crippen LogP contribution in [0.5, 0.6) is 0 Å². The van der Waals surface area contributed by atoms with Crippen molar-refractivity contribution < 1.29 is 22.3 Å². The van der Waals surface area contributed by atoms with E-state index in [2.05, 4.69) is 25.6 Å². The van der Waals surface area contributed by atoms with E-state index in [4.69, 9.17) is 4.74 Å². The number of aryl methyl sites for hydroxylation is 1. The number of benzene rings is 2. The van der Waals surface area contributed by atoms with Crippen molar-refractivity contribution in [3.05, 3.63) is 65.4 Å². The van der Waals surface area contributed by atoms with Crippen molar-refractivity contribution in [3.63, 3.8) is 0 Å². The molecular weight excluding hydrogens is 452 g/mol. The lowest BCUT2D eigenvalue weighted by Crippen LogP contribution is -2.21. The van der Waals surface area contributed by atoms with Gasteiger partial charge in [0.15, 0.2) is 17.3 Å². The molecule has 1 aliphatic rings. The van der Waals surface area contributed by atoms with Gasteiger partial charge in [-0.3, -0.25) is 4.57 Å². The van der Waals surface area contributed by atoms with Gasteiger partial charge in [0.1, 0.15) is 22.8 Å². The number of ether oxygens (including phenoxy) is 1. The molecule has 1 fully saturated rings. The summed E-state index contributed by atoms with van der Waals surface area (Å²) in [6.45, 7) is 2.67. The van der Waals surface area contributed by atoms with Gasteiger partial charge in [-0.15, -0.1) is 0 Å². The molecule has 0 bridgehead atoms. The Bertz CT molecular complexity index is 1350. The molecule has 2 aromatic heterocycles. The van der Waals surface area contributed by atoms with Gasteiger partial charge in [0.2, 0.25) is 11.9 Å². The first-order valence-corrected chi connectivity index (χ1v) is 10.7. The lowest BCUT2D eigenvalue weighted by atomic mass is 10.1. The molecule has 2 aromatic carbocycles. The number of rotatable bonds is 5. The van der Waals surface area contributed by atoms with E-state index < -0.39 is 23.1 Å². The summed E-state index contributed by atoms with van der Waals surface area (Å²) in [7, 11) is 0. The third kappa shape index (κ3) is 4.26. The van der Waals surface area contributed by atoms with Gasteiger partial charge in [-0.1, -0.05) is 0 Å². The lowest BCUT2D eigenvalue weighted by molar-refractivity contribution is 0.0710. The molecule has 2 N–H and O–H groups in total. The summed E-state index contributed by atoms with van der Waals surface area (Å²) in [4.78, 5) is 13.3. The quantitative estimate of drug-likeness (QED) is 0.372. The van der Waals surface area contributed by atoms with Crippen molar-refractivity contribution in [2.75, 3.05) is 23.8 Å². The number of aromatic nitrogens is 4. The summed E-state index contributed by atoms with van der Waals surface area (Å²) in [6, 6.07) is 5.63. The zero-order valence-electron chi connectivity index (χ0n) is 18.1. The minimum absolute atomic E-state index is 0.108. The highest BCUT2D eigenvalue weighted by atomic mass is 19.1. The van der Waals surface area contributed by atoms with Crippen LogP contribution in [-0.2, 0) is 4.74 Å². The molecule has 0 saturated carbocycles. The van der Waals surface area contributed by atoms with Crippen LogP contribution < -0.4 is 10.6 Å². The van der Waals surface area contributed by atoms with Crippen LogP contribution in [0, 0.1) is 30.2 Å². The minimum atomic E-state index is -1.08. The Morgan fingerprint density at radius 3 is 2.38 bits per heavy atom. The second-order valence-electron chi connectivity index (χ2n) is 8.01. The first-order valence-electron chi connectivity index (χ1n) is 10.7. The van der Waals surface area contributed by atoms with Gasteiger partial charge in [-0.05, 0) is 43.5 Å². The smallest absolute Gasteiger partial charge is 0.229 e. The molecule has 3 heterocycles. The molecule has 0 atom stereocenters. The van der Waals surface area contributed by atoms with Crippen molar-refractivity contribution in [1.82, 2.24) is 19.5 Å². The van der Waals surface area contributed by atoms with E-state index >= 15 is 0 Å². The van der Waals surface area contributed by atoms with Crippen LogP contribution in [0.3, 0.4) is 0 Å². The summed E-state index contributed by atoms with van der Waals surface area (Å²) < 4.78 is 62.8. The van der Waals surface area contributed by atoms with E-state index in [1.165, 1.54) is 12.3 Å². The maximum absolute atomic E-state index is 14.3. The molecule has 0 unspecified atom stereocenters. The number of imidazole rings is 1. The van der Waals surface area contributed by atoms with Crippen molar-refractivity contribution in [3.8, 4) is 0 Å². The van der Waals surface area contributed by atoms with Crippen LogP contribution in [0.2, 0.25) is 0 Å². The summed E-state index contributed by atoms with van der Waals surface area (Å²) in [6.07, 6.45) is 2.76. The molecular formula is C23H20F4N6O. The van der Waals surface area contributed by atoms with Gasteiger partial charge in [-0.2, -0.15) is 4.98 Å². The largest absolute Gasteiger partial charge is 0.381 e. The highest BCUT2D eigenvalue weighted by Crippen LogP contribution is 2.33. The molecule has 34 heavy (non-hydrogen) atoms. The maximum Gasteiger partial charge on any atom is 0.229 e. The highest BCUT2D eigenvalue weighted by Gasteiger charge is 2.25. The standard InChI is InChI=1S/C23H20F4N6O/c1-12-8-14(2-3-16(12)25)29-22-28-11-19-21(32-22)33(15-4-6-34-7-5-15)23(30-19)31-20-17(26)9-13(24)10-18(20)27/h2-3,8-11,15H,4-7H2,1H3,(H,30,31)(H,28,29,32). The molecule has 7 nitrogen and oxygen atoms in total. The molecule has 1 aliphatic heterocycles. The summed E-state index contributed by atoms with van der Waals surface area (Å²) in [5, 5.41) is 5.71. The van der Waals surface area contributed by atoms with Crippen LogP contribution in [0.15, 0.2) is 36.5 Å². The second-order valence-corrected chi connectivity index (χ2v) is 8.01. The van der Waals surface area contributed by atoms with Crippen molar-refractivity contribution in [1.29, 1.82) is 0 Å². The molecule has 0 spiro atoms. The number of anilines is 4. The number of halogens is 4. The fourth-order valence-electron chi connectivity index (χ4n) is 3.95.